The van der Waals surface area contributed by atoms with E-state index in [2.05, 4.69) is 29.2 Å². The summed E-state index contributed by atoms with van der Waals surface area (Å²) in [5.74, 6) is -0.883. The zero-order chi connectivity index (χ0) is 15.5. The zero-order valence-electron chi connectivity index (χ0n) is 12.6. The molecule has 4 heteroatoms. The van der Waals surface area contributed by atoms with Crippen LogP contribution in [0.25, 0.3) is 11.1 Å². The van der Waals surface area contributed by atoms with Gasteiger partial charge in [0, 0.05) is 18.8 Å². The number of hydrogen-bond donors (Lipinski definition) is 1. The maximum Gasteiger partial charge on any atom is 0.335 e. The van der Waals surface area contributed by atoms with E-state index in [0.29, 0.717) is 5.56 Å². The van der Waals surface area contributed by atoms with Crippen molar-refractivity contribution in [3.05, 3.63) is 53.6 Å². The molecule has 0 bridgehead atoms. The number of carbonyl (C=O) groups is 1. The summed E-state index contributed by atoms with van der Waals surface area (Å²) >= 11 is 0. The van der Waals surface area contributed by atoms with Crippen molar-refractivity contribution in [2.24, 2.45) is 0 Å². The van der Waals surface area contributed by atoms with Gasteiger partial charge in [-0.2, -0.15) is 0 Å². The van der Waals surface area contributed by atoms with E-state index in [1.807, 2.05) is 19.1 Å². The fraction of sp³-hybridized carbons (Fsp3) is 0.278. The number of anilines is 1. The van der Waals surface area contributed by atoms with Gasteiger partial charge < -0.3 is 14.7 Å². The van der Waals surface area contributed by atoms with Crippen LogP contribution < -0.4 is 4.90 Å². The van der Waals surface area contributed by atoms with Crippen LogP contribution in [-0.2, 0) is 4.74 Å². The third-order valence-corrected chi connectivity index (χ3v) is 4.03. The van der Waals surface area contributed by atoms with E-state index in [-0.39, 0.29) is 0 Å². The summed E-state index contributed by atoms with van der Waals surface area (Å²) in [5.41, 5.74) is 4.47. The van der Waals surface area contributed by atoms with Gasteiger partial charge in [0.05, 0.1) is 18.8 Å². The highest BCUT2D eigenvalue weighted by atomic mass is 16.5. The van der Waals surface area contributed by atoms with Gasteiger partial charge in [-0.1, -0.05) is 24.3 Å². The van der Waals surface area contributed by atoms with Gasteiger partial charge in [-0.15, -0.1) is 0 Å². The van der Waals surface area contributed by atoms with Crippen molar-refractivity contribution in [3.63, 3.8) is 0 Å². The molecule has 0 saturated carbocycles. The van der Waals surface area contributed by atoms with Gasteiger partial charge in [0.25, 0.3) is 0 Å². The lowest BCUT2D eigenvalue weighted by Crippen LogP contribution is -2.36. The van der Waals surface area contributed by atoms with Crippen molar-refractivity contribution in [3.8, 4) is 11.1 Å². The van der Waals surface area contributed by atoms with Gasteiger partial charge in [-0.3, -0.25) is 0 Å². The number of hydrogen-bond acceptors (Lipinski definition) is 3. The molecule has 0 amide bonds. The lowest BCUT2D eigenvalue weighted by atomic mass is 9.99. The second-order valence-electron chi connectivity index (χ2n) is 5.48. The Kier molecular flexibility index (Phi) is 4.11. The minimum Gasteiger partial charge on any atom is -0.478 e. The summed E-state index contributed by atoms with van der Waals surface area (Å²) in [5, 5.41) is 9.09. The number of aromatic carboxylic acids is 1. The molecule has 4 nitrogen and oxygen atoms in total. The van der Waals surface area contributed by atoms with E-state index < -0.39 is 5.97 Å². The number of benzene rings is 2. The molecule has 1 aliphatic heterocycles. The maximum atomic E-state index is 11.1. The van der Waals surface area contributed by atoms with Gasteiger partial charge in [0.1, 0.15) is 0 Å². The monoisotopic (exact) mass is 297 g/mol. The fourth-order valence-corrected chi connectivity index (χ4v) is 2.77. The van der Waals surface area contributed by atoms with Crippen molar-refractivity contribution in [1.82, 2.24) is 0 Å². The van der Waals surface area contributed by atoms with Crippen LogP contribution in [0, 0.1) is 6.92 Å². The molecule has 0 aromatic heterocycles. The quantitative estimate of drug-likeness (QED) is 0.945. The number of carboxylic acids is 1. The van der Waals surface area contributed by atoms with Gasteiger partial charge >= 0.3 is 5.97 Å². The van der Waals surface area contributed by atoms with Crippen LogP contribution in [0.1, 0.15) is 15.9 Å². The first-order valence-electron chi connectivity index (χ1n) is 7.42. The third kappa shape index (κ3) is 2.97. The number of morpholine rings is 1. The molecule has 0 aliphatic carbocycles. The standard InChI is InChI=1S/C18H19NO3/c1-13-12-15(4-7-17(13)18(20)21)14-2-5-16(6-3-14)19-8-10-22-11-9-19/h2-7,12H,8-11H2,1H3,(H,20,21). The van der Waals surface area contributed by atoms with Crippen molar-refractivity contribution in [1.29, 1.82) is 0 Å². The zero-order valence-corrected chi connectivity index (χ0v) is 12.6. The summed E-state index contributed by atoms with van der Waals surface area (Å²) in [6, 6.07) is 13.8. The van der Waals surface area contributed by atoms with E-state index >= 15 is 0 Å². The van der Waals surface area contributed by atoms with E-state index in [4.69, 9.17) is 9.84 Å². The van der Waals surface area contributed by atoms with Crippen LogP contribution in [0.5, 0.6) is 0 Å². The number of nitrogens with zero attached hydrogens (tertiary/aromatic N) is 1. The molecule has 2 aromatic rings. The van der Waals surface area contributed by atoms with Gasteiger partial charge in [-0.25, -0.2) is 4.79 Å². The third-order valence-electron chi connectivity index (χ3n) is 4.03. The van der Waals surface area contributed by atoms with Crippen molar-refractivity contribution in [2.45, 2.75) is 6.92 Å². The molecule has 22 heavy (non-hydrogen) atoms. The van der Waals surface area contributed by atoms with Crippen LogP contribution >= 0.6 is 0 Å². The number of aryl methyl sites for hydroxylation is 1. The minimum atomic E-state index is -0.883. The molecule has 0 unspecified atom stereocenters. The summed E-state index contributed by atoms with van der Waals surface area (Å²) < 4.78 is 5.37. The number of rotatable bonds is 3. The molecule has 1 N–H and O–H groups in total. The molecule has 1 heterocycles. The van der Waals surface area contributed by atoms with Crippen LogP contribution in [0.3, 0.4) is 0 Å². The first-order valence-corrected chi connectivity index (χ1v) is 7.42. The van der Waals surface area contributed by atoms with Crippen molar-refractivity contribution >= 4 is 11.7 Å². The normalized spacial score (nSPS) is 14.9. The Morgan fingerprint density at radius 2 is 1.68 bits per heavy atom. The van der Waals surface area contributed by atoms with E-state index in [1.165, 1.54) is 5.69 Å². The average Bonchev–Trinajstić information content (AvgIpc) is 2.55. The molecule has 2 aromatic carbocycles. The fourth-order valence-electron chi connectivity index (χ4n) is 2.77. The minimum absolute atomic E-state index is 0.355. The van der Waals surface area contributed by atoms with Crippen LogP contribution in [0.15, 0.2) is 42.5 Å². The number of carboxylic acid groups (broad SMARTS) is 1. The Hall–Kier alpha value is -2.33. The lowest BCUT2D eigenvalue weighted by molar-refractivity contribution is 0.0696. The molecule has 3 rings (SSSR count). The molecule has 114 valence electrons. The maximum absolute atomic E-state index is 11.1. The highest BCUT2D eigenvalue weighted by Crippen LogP contribution is 2.25. The summed E-state index contributed by atoms with van der Waals surface area (Å²) in [7, 11) is 0. The van der Waals surface area contributed by atoms with Crippen molar-refractivity contribution in [2.75, 3.05) is 31.2 Å². The predicted molar refractivity (Wildman–Crippen MR) is 86.6 cm³/mol. The highest BCUT2D eigenvalue weighted by Gasteiger charge is 2.12. The Morgan fingerprint density at radius 3 is 2.27 bits per heavy atom. The van der Waals surface area contributed by atoms with E-state index in [1.54, 1.807) is 6.07 Å². The largest absolute Gasteiger partial charge is 0.478 e. The van der Waals surface area contributed by atoms with Crippen LogP contribution in [0.2, 0.25) is 0 Å². The van der Waals surface area contributed by atoms with E-state index in [0.717, 1.165) is 43.0 Å². The van der Waals surface area contributed by atoms with E-state index in [9.17, 15) is 4.79 Å². The summed E-state index contributed by atoms with van der Waals surface area (Å²) in [4.78, 5) is 13.4. The molecule has 1 fully saturated rings. The molecular formula is C18H19NO3. The van der Waals surface area contributed by atoms with Crippen molar-refractivity contribution < 1.29 is 14.6 Å². The molecule has 0 spiro atoms. The Bertz CT molecular complexity index is 673. The summed E-state index contributed by atoms with van der Waals surface area (Å²) in [6.07, 6.45) is 0. The van der Waals surface area contributed by atoms with Crippen LogP contribution in [-0.4, -0.2) is 37.4 Å². The highest BCUT2D eigenvalue weighted by molar-refractivity contribution is 5.90. The van der Waals surface area contributed by atoms with Gasteiger partial charge in [0.2, 0.25) is 0 Å². The first-order chi connectivity index (χ1) is 10.6. The summed E-state index contributed by atoms with van der Waals surface area (Å²) in [6.45, 7) is 5.22. The lowest BCUT2D eigenvalue weighted by Gasteiger charge is -2.28. The van der Waals surface area contributed by atoms with Gasteiger partial charge in [-0.05, 0) is 41.8 Å². The Balaban J connectivity index is 1.83. The smallest absolute Gasteiger partial charge is 0.335 e. The topological polar surface area (TPSA) is 49.8 Å². The SMILES string of the molecule is Cc1cc(-c2ccc(N3CCOCC3)cc2)ccc1C(=O)O. The Morgan fingerprint density at radius 1 is 1.05 bits per heavy atom. The second-order valence-corrected chi connectivity index (χ2v) is 5.48. The second kappa shape index (κ2) is 6.20. The molecule has 1 saturated heterocycles. The first kappa shape index (κ1) is 14.6. The Labute approximate surface area is 130 Å². The number of ether oxygens (including phenoxy) is 1. The molecule has 0 radical (unpaired) electrons. The van der Waals surface area contributed by atoms with Crippen LogP contribution in [0.4, 0.5) is 5.69 Å². The van der Waals surface area contributed by atoms with Gasteiger partial charge in [0.15, 0.2) is 0 Å². The average molecular weight is 297 g/mol. The molecule has 1 aliphatic rings. The predicted octanol–water partition coefficient (Wildman–Crippen LogP) is 3.20. The molecule has 0 atom stereocenters. The molecular weight excluding hydrogens is 278 g/mol.